The third kappa shape index (κ3) is 2.59. The second-order valence-corrected chi connectivity index (χ2v) is 2.18. The number of anilines is 1. The Morgan fingerprint density at radius 3 is 2.67 bits per heavy atom. The highest BCUT2D eigenvalue weighted by Gasteiger charge is 1.99. The van der Waals surface area contributed by atoms with Crippen LogP contribution in [0.5, 0.6) is 0 Å². The van der Waals surface area contributed by atoms with Crippen molar-refractivity contribution in [3.05, 3.63) is 30.3 Å². The van der Waals surface area contributed by atoms with Crippen molar-refractivity contribution in [1.29, 1.82) is 0 Å². The number of para-hydroxylation sites is 1. The molecule has 2 N–H and O–H groups in total. The lowest BCUT2D eigenvalue weighted by Crippen LogP contribution is -2.14. The zero-order chi connectivity index (χ0) is 8.81. The minimum Gasteiger partial charge on any atom is -0.375 e. The van der Waals surface area contributed by atoms with Crippen molar-refractivity contribution in [3.63, 3.8) is 0 Å². The van der Waals surface area contributed by atoms with Crippen LogP contribution in [0.3, 0.4) is 0 Å². The quantitative estimate of drug-likeness (QED) is 0.523. The normalized spacial score (nSPS) is 9.08. The monoisotopic (exact) mass is 167 g/mol. The van der Waals surface area contributed by atoms with Crippen molar-refractivity contribution >= 4 is 11.7 Å². The van der Waals surface area contributed by atoms with E-state index in [1.54, 1.807) is 0 Å². The van der Waals surface area contributed by atoms with Crippen molar-refractivity contribution in [2.24, 2.45) is 0 Å². The first-order chi connectivity index (χ1) is 5.83. The summed E-state index contributed by atoms with van der Waals surface area (Å²) in [4.78, 5) is 13.9. The summed E-state index contributed by atoms with van der Waals surface area (Å²) in [6.45, 7) is -0.0412. The predicted octanol–water partition coefficient (Wildman–Crippen LogP) is 1.11. The van der Waals surface area contributed by atoms with Gasteiger partial charge in [0.1, 0.15) is 6.54 Å². The van der Waals surface area contributed by atoms with Crippen molar-refractivity contribution in [2.75, 3.05) is 11.9 Å². The molecule has 0 radical (unpaired) electrons. The van der Waals surface area contributed by atoms with E-state index >= 15 is 0 Å². The second-order valence-electron chi connectivity index (χ2n) is 2.18. The molecule has 0 bridgehead atoms. The minimum atomic E-state index is -0.709. The van der Waals surface area contributed by atoms with Gasteiger partial charge in [-0.2, -0.15) is 5.26 Å². The van der Waals surface area contributed by atoms with Crippen LogP contribution in [0, 0.1) is 0 Å². The van der Waals surface area contributed by atoms with Gasteiger partial charge in [-0.15, -0.1) is 0 Å². The molecule has 0 saturated heterocycles. The van der Waals surface area contributed by atoms with E-state index in [4.69, 9.17) is 5.26 Å². The van der Waals surface area contributed by atoms with Gasteiger partial charge in [0, 0.05) is 5.69 Å². The summed E-state index contributed by atoms with van der Waals surface area (Å²) in [5.74, 6) is -0.709. The van der Waals surface area contributed by atoms with Crippen LogP contribution in [0.1, 0.15) is 0 Å². The zero-order valence-corrected chi connectivity index (χ0v) is 6.36. The first kappa shape index (κ1) is 8.55. The van der Waals surface area contributed by atoms with Crippen LogP contribution >= 0.6 is 0 Å². The van der Waals surface area contributed by atoms with Crippen molar-refractivity contribution < 1.29 is 14.9 Å². The van der Waals surface area contributed by atoms with E-state index in [2.05, 4.69) is 10.2 Å². The summed E-state index contributed by atoms with van der Waals surface area (Å²) in [5.41, 5.74) is 0.808. The number of nitrogens with one attached hydrogen (secondary N) is 1. The SMILES string of the molecule is O=C(CNc1ccccc1)OO. The summed E-state index contributed by atoms with van der Waals surface area (Å²) in [5, 5.41) is 10.7. The van der Waals surface area contributed by atoms with E-state index in [0.717, 1.165) is 5.69 Å². The Morgan fingerprint density at radius 2 is 2.08 bits per heavy atom. The second kappa shape index (κ2) is 4.35. The molecule has 1 rings (SSSR count). The maximum Gasteiger partial charge on any atom is 0.360 e. The number of hydrogen-bond acceptors (Lipinski definition) is 4. The first-order valence-electron chi connectivity index (χ1n) is 3.46. The molecular weight excluding hydrogens is 158 g/mol. The van der Waals surface area contributed by atoms with Crippen LogP contribution in [-0.4, -0.2) is 17.8 Å². The molecule has 1 aromatic rings. The van der Waals surface area contributed by atoms with E-state index in [9.17, 15) is 4.79 Å². The summed E-state index contributed by atoms with van der Waals surface area (Å²) >= 11 is 0. The van der Waals surface area contributed by atoms with Gasteiger partial charge in [0.15, 0.2) is 0 Å². The number of rotatable bonds is 3. The van der Waals surface area contributed by atoms with Crippen molar-refractivity contribution in [3.8, 4) is 0 Å². The maximum absolute atomic E-state index is 10.5. The number of benzene rings is 1. The summed E-state index contributed by atoms with van der Waals surface area (Å²) in [6, 6.07) is 9.17. The molecule has 0 saturated carbocycles. The molecule has 0 atom stereocenters. The van der Waals surface area contributed by atoms with E-state index in [0.29, 0.717) is 0 Å². The average Bonchev–Trinajstić information content (AvgIpc) is 2.16. The molecule has 0 fully saturated rings. The van der Waals surface area contributed by atoms with E-state index < -0.39 is 5.97 Å². The first-order valence-corrected chi connectivity index (χ1v) is 3.46. The third-order valence-corrected chi connectivity index (χ3v) is 1.31. The molecule has 0 spiro atoms. The van der Waals surface area contributed by atoms with Crippen LogP contribution < -0.4 is 5.32 Å². The van der Waals surface area contributed by atoms with Crippen LogP contribution in [0.4, 0.5) is 5.69 Å². The molecule has 0 aliphatic rings. The van der Waals surface area contributed by atoms with E-state index in [1.807, 2.05) is 30.3 Å². The van der Waals surface area contributed by atoms with Crippen LogP contribution in [0.2, 0.25) is 0 Å². The fraction of sp³-hybridized carbons (Fsp3) is 0.125. The van der Waals surface area contributed by atoms with Gasteiger partial charge in [-0.05, 0) is 12.1 Å². The van der Waals surface area contributed by atoms with E-state index in [1.165, 1.54) is 0 Å². The molecule has 4 heteroatoms. The summed E-state index contributed by atoms with van der Waals surface area (Å²) in [7, 11) is 0. The highest BCUT2D eigenvalue weighted by molar-refractivity contribution is 5.74. The molecule has 0 aromatic heterocycles. The summed E-state index contributed by atoms with van der Waals surface area (Å²) < 4.78 is 0. The number of hydrogen-bond donors (Lipinski definition) is 2. The highest BCUT2D eigenvalue weighted by Crippen LogP contribution is 2.03. The predicted molar refractivity (Wildman–Crippen MR) is 43.7 cm³/mol. The van der Waals surface area contributed by atoms with Gasteiger partial charge >= 0.3 is 5.97 Å². The molecule has 12 heavy (non-hydrogen) atoms. The van der Waals surface area contributed by atoms with Crippen LogP contribution in [0.25, 0.3) is 0 Å². The largest absolute Gasteiger partial charge is 0.375 e. The lowest BCUT2D eigenvalue weighted by Gasteiger charge is -2.01. The van der Waals surface area contributed by atoms with Crippen molar-refractivity contribution in [1.82, 2.24) is 0 Å². The topological polar surface area (TPSA) is 58.6 Å². The number of carbonyl (C=O) groups excluding carboxylic acids is 1. The Bertz CT molecular complexity index is 248. The molecule has 1 aromatic carbocycles. The Kier molecular flexibility index (Phi) is 3.10. The molecule has 0 aliphatic heterocycles. The van der Waals surface area contributed by atoms with Crippen LogP contribution in [0.15, 0.2) is 30.3 Å². The zero-order valence-electron chi connectivity index (χ0n) is 6.36. The smallest absolute Gasteiger partial charge is 0.360 e. The van der Waals surface area contributed by atoms with Crippen LogP contribution in [-0.2, 0) is 9.68 Å². The highest BCUT2D eigenvalue weighted by atomic mass is 17.1. The lowest BCUT2D eigenvalue weighted by atomic mass is 10.3. The van der Waals surface area contributed by atoms with E-state index in [-0.39, 0.29) is 6.54 Å². The van der Waals surface area contributed by atoms with Gasteiger partial charge in [0.05, 0.1) is 0 Å². The average molecular weight is 167 g/mol. The maximum atomic E-state index is 10.5. The van der Waals surface area contributed by atoms with Gasteiger partial charge in [0.2, 0.25) is 0 Å². The molecule has 0 amide bonds. The fourth-order valence-electron chi connectivity index (χ4n) is 0.763. The fourth-order valence-corrected chi connectivity index (χ4v) is 0.763. The van der Waals surface area contributed by atoms with Gasteiger partial charge in [-0.1, -0.05) is 18.2 Å². The molecule has 0 heterocycles. The summed E-state index contributed by atoms with van der Waals surface area (Å²) in [6.07, 6.45) is 0. The Labute approximate surface area is 69.7 Å². The molecule has 0 unspecified atom stereocenters. The van der Waals surface area contributed by atoms with Crippen molar-refractivity contribution in [2.45, 2.75) is 0 Å². The Morgan fingerprint density at radius 1 is 1.42 bits per heavy atom. The third-order valence-electron chi connectivity index (χ3n) is 1.31. The van der Waals surface area contributed by atoms with Gasteiger partial charge in [0.25, 0.3) is 0 Å². The Balaban J connectivity index is 2.38. The minimum absolute atomic E-state index is 0.0412. The molecule has 64 valence electrons. The Hall–Kier alpha value is -1.55. The standard InChI is InChI=1S/C8H9NO3/c10-8(12-11)6-9-7-4-2-1-3-5-7/h1-5,9,11H,6H2. The van der Waals surface area contributed by atoms with Gasteiger partial charge < -0.3 is 5.32 Å². The van der Waals surface area contributed by atoms with Gasteiger partial charge in [-0.3, -0.25) is 4.89 Å². The molecule has 0 aliphatic carbocycles. The number of carbonyl (C=O) groups is 1. The molecule has 4 nitrogen and oxygen atoms in total. The lowest BCUT2D eigenvalue weighted by molar-refractivity contribution is -0.232. The molecular formula is C8H9NO3. The van der Waals surface area contributed by atoms with Gasteiger partial charge in [-0.25, -0.2) is 4.79 Å².